The maximum absolute atomic E-state index is 10.8. The van der Waals surface area contributed by atoms with Crippen molar-refractivity contribution >= 4 is 5.97 Å². The maximum Gasteiger partial charge on any atom is 0.339 e. The number of hydrogen-bond acceptors (Lipinski definition) is 4. The molecule has 94 valence electrons. The lowest BCUT2D eigenvalue weighted by atomic mass is 10.1. The summed E-state index contributed by atoms with van der Waals surface area (Å²) in [7, 11) is 0. The fourth-order valence-corrected chi connectivity index (χ4v) is 1.87. The Kier molecular flexibility index (Phi) is 3.81. The Morgan fingerprint density at radius 2 is 2.24 bits per heavy atom. The van der Waals surface area contributed by atoms with Crippen molar-refractivity contribution in [3.63, 3.8) is 0 Å². The summed E-state index contributed by atoms with van der Waals surface area (Å²) in [5, 5.41) is 8.88. The van der Waals surface area contributed by atoms with Crippen LogP contribution in [0.15, 0.2) is 10.5 Å². The minimum Gasteiger partial charge on any atom is -0.478 e. The van der Waals surface area contributed by atoms with Crippen LogP contribution in [-0.4, -0.2) is 30.4 Å². The lowest BCUT2D eigenvalue weighted by molar-refractivity contribution is -0.0435. The van der Waals surface area contributed by atoms with Gasteiger partial charge >= 0.3 is 5.97 Å². The second kappa shape index (κ2) is 5.33. The first-order valence-corrected chi connectivity index (χ1v) is 5.69. The molecule has 0 amide bonds. The number of carboxylic acids is 1. The zero-order chi connectivity index (χ0) is 12.3. The van der Waals surface area contributed by atoms with Gasteiger partial charge in [-0.2, -0.15) is 0 Å². The summed E-state index contributed by atoms with van der Waals surface area (Å²) in [6.07, 6.45) is 1.94. The minimum absolute atomic E-state index is 0.183. The second-order valence-corrected chi connectivity index (χ2v) is 4.11. The third-order valence-corrected chi connectivity index (χ3v) is 2.83. The van der Waals surface area contributed by atoms with Crippen molar-refractivity contribution in [2.24, 2.45) is 0 Å². The fraction of sp³-hybridized carbons (Fsp3) is 0.583. The molecular formula is C12H16O5. The number of carbonyl (C=O) groups is 1. The number of furan rings is 1. The van der Waals surface area contributed by atoms with E-state index in [9.17, 15) is 4.79 Å². The third kappa shape index (κ3) is 3.08. The Morgan fingerprint density at radius 3 is 2.82 bits per heavy atom. The van der Waals surface area contributed by atoms with Gasteiger partial charge in [0.25, 0.3) is 0 Å². The molecule has 2 heterocycles. The fourth-order valence-electron chi connectivity index (χ4n) is 1.87. The van der Waals surface area contributed by atoms with Crippen molar-refractivity contribution < 1.29 is 23.8 Å². The van der Waals surface area contributed by atoms with Crippen molar-refractivity contribution in [3.05, 3.63) is 23.2 Å². The maximum atomic E-state index is 10.8. The molecule has 0 atom stereocenters. The van der Waals surface area contributed by atoms with Gasteiger partial charge in [0.2, 0.25) is 0 Å². The molecule has 0 bridgehead atoms. The van der Waals surface area contributed by atoms with E-state index in [1.54, 1.807) is 6.92 Å². The first kappa shape index (κ1) is 12.1. The number of aryl methyl sites for hydroxylation is 1. The van der Waals surface area contributed by atoms with E-state index in [1.165, 1.54) is 6.07 Å². The zero-order valence-electron chi connectivity index (χ0n) is 9.77. The lowest BCUT2D eigenvalue weighted by Gasteiger charge is -2.21. The molecule has 5 heteroatoms. The van der Waals surface area contributed by atoms with Crippen molar-refractivity contribution in [3.8, 4) is 0 Å². The number of hydrogen-bond donors (Lipinski definition) is 1. The highest BCUT2D eigenvalue weighted by Crippen LogP contribution is 2.18. The predicted octanol–water partition coefficient (Wildman–Crippen LogP) is 1.98. The highest BCUT2D eigenvalue weighted by Gasteiger charge is 2.17. The summed E-state index contributed by atoms with van der Waals surface area (Å²) in [6, 6.07) is 1.52. The first-order valence-electron chi connectivity index (χ1n) is 5.69. The smallest absolute Gasteiger partial charge is 0.339 e. The Morgan fingerprint density at radius 1 is 1.53 bits per heavy atom. The SMILES string of the molecule is Cc1oc(COC2CCOCC2)cc1C(=O)O. The Balaban J connectivity index is 1.90. The number of rotatable bonds is 4. The van der Waals surface area contributed by atoms with Crippen LogP contribution in [0.2, 0.25) is 0 Å². The van der Waals surface area contributed by atoms with Crippen LogP contribution in [0.4, 0.5) is 0 Å². The standard InChI is InChI=1S/C12H16O5/c1-8-11(12(13)14)6-10(17-8)7-16-9-2-4-15-5-3-9/h6,9H,2-5,7H2,1H3,(H,13,14). The molecular weight excluding hydrogens is 224 g/mol. The first-order chi connectivity index (χ1) is 8.16. The molecule has 1 aliphatic rings. The molecule has 0 unspecified atom stereocenters. The van der Waals surface area contributed by atoms with Crippen LogP contribution >= 0.6 is 0 Å². The van der Waals surface area contributed by atoms with Gasteiger partial charge < -0.3 is 19.0 Å². The van der Waals surface area contributed by atoms with E-state index in [2.05, 4.69) is 0 Å². The van der Waals surface area contributed by atoms with Gasteiger partial charge in [-0.15, -0.1) is 0 Å². The van der Waals surface area contributed by atoms with Gasteiger partial charge in [-0.05, 0) is 25.8 Å². The van der Waals surface area contributed by atoms with Gasteiger partial charge in [-0.1, -0.05) is 0 Å². The Bertz CT molecular complexity index is 390. The summed E-state index contributed by atoms with van der Waals surface area (Å²) in [5.41, 5.74) is 0.204. The van der Waals surface area contributed by atoms with Gasteiger partial charge in [0.05, 0.1) is 6.10 Å². The topological polar surface area (TPSA) is 68.9 Å². The largest absolute Gasteiger partial charge is 0.478 e. The lowest BCUT2D eigenvalue weighted by Crippen LogP contribution is -2.23. The summed E-state index contributed by atoms with van der Waals surface area (Å²) < 4.78 is 16.2. The van der Waals surface area contributed by atoms with Gasteiger partial charge in [0.15, 0.2) is 0 Å². The quantitative estimate of drug-likeness (QED) is 0.871. The van der Waals surface area contributed by atoms with Crippen LogP contribution < -0.4 is 0 Å². The van der Waals surface area contributed by atoms with Crippen LogP contribution in [0.25, 0.3) is 0 Å². The Labute approximate surface area is 99.3 Å². The molecule has 5 nitrogen and oxygen atoms in total. The molecule has 1 aromatic heterocycles. The van der Waals surface area contributed by atoms with E-state index in [-0.39, 0.29) is 11.7 Å². The summed E-state index contributed by atoms with van der Waals surface area (Å²) in [5.74, 6) is 0.0121. The average Bonchev–Trinajstić information content (AvgIpc) is 2.69. The Hall–Kier alpha value is -1.33. The normalized spacial score (nSPS) is 17.2. The summed E-state index contributed by atoms with van der Waals surface area (Å²) in [4.78, 5) is 10.8. The molecule has 0 aromatic carbocycles. The summed E-state index contributed by atoms with van der Waals surface area (Å²) in [6.45, 7) is 3.41. The van der Waals surface area contributed by atoms with Gasteiger partial charge in [-0.3, -0.25) is 0 Å². The molecule has 0 saturated carbocycles. The second-order valence-electron chi connectivity index (χ2n) is 4.11. The van der Waals surface area contributed by atoms with Crippen LogP contribution in [0.3, 0.4) is 0 Å². The minimum atomic E-state index is -0.969. The molecule has 0 spiro atoms. The highest BCUT2D eigenvalue weighted by atomic mass is 16.5. The van der Waals surface area contributed by atoms with E-state index in [0.29, 0.717) is 18.1 Å². The zero-order valence-corrected chi connectivity index (χ0v) is 9.77. The van der Waals surface area contributed by atoms with Crippen LogP contribution in [-0.2, 0) is 16.1 Å². The van der Waals surface area contributed by atoms with Crippen LogP contribution in [0.5, 0.6) is 0 Å². The molecule has 1 fully saturated rings. The molecule has 1 aliphatic heterocycles. The summed E-state index contributed by atoms with van der Waals surface area (Å²) >= 11 is 0. The monoisotopic (exact) mass is 240 g/mol. The van der Waals surface area contributed by atoms with E-state index in [4.69, 9.17) is 19.0 Å². The van der Waals surface area contributed by atoms with Crippen molar-refractivity contribution in [1.82, 2.24) is 0 Å². The number of carboxylic acid groups (broad SMARTS) is 1. The van der Waals surface area contributed by atoms with E-state index >= 15 is 0 Å². The predicted molar refractivity (Wildman–Crippen MR) is 59.0 cm³/mol. The number of ether oxygens (including phenoxy) is 2. The van der Waals surface area contributed by atoms with Crippen LogP contribution in [0.1, 0.15) is 34.7 Å². The molecule has 1 aromatic rings. The van der Waals surface area contributed by atoms with Gasteiger partial charge in [0.1, 0.15) is 23.7 Å². The van der Waals surface area contributed by atoms with Gasteiger partial charge in [-0.25, -0.2) is 4.79 Å². The van der Waals surface area contributed by atoms with Crippen molar-refractivity contribution in [1.29, 1.82) is 0 Å². The molecule has 1 N–H and O–H groups in total. The van der Waals surface area contributed by atoms with Crippen molar-refractivity contribution in [2.75, 3.05) is 13.2 Å². The number of aromatic carboxylic acids is 1. The van der Waals surface area contributed by atoms with E-state index < -0.39 is 5.97 Å². The van der Waals surface area contributed by atoms with Crippen LogP contribution in [0, 0.1) is 6.92 Å². The molecule has 17 heavy (non-hydrogen) atoms. The van der Waals surface area contributed by atoms with Gasteiger partial charge in [0, 0.05) is 13.2 Å². The molecule has 0 radical (unpaired) electrons. The molecule has 0 aliphatic carbocycles. The highest BCUT2D eigenvalue weighted by molar-refractivity contribution is 5.88. The van der Waals surface area contributed by atoms with E-state index in [0.717, 1.165) is 26.1 Å². The van der Waals surface area contributed by atoms with Crippen molar-refractivity contribution in [2.45, 2.75) is 32.5 Å². The third-order valence-electron chi connectivity index (χ3n) is 2.83. The van der Waals surface area contributed by atoms with E-state index in [1.807, 2.05) is 0 Å². The molecule has 2 rings (SSSR count). The average molecular weight is 240 g/mol. The molecule has 1 saturated heterocycles.